The second kappa shape index (κ2) is 9.49. The monoisotopic (exact) mass is 478 g/mol. The number of hydrogen-bond acceptors (Lipinski definition) is 6. The van der Waals surface area contributed by atoms with Gasteiger partial charge in [0.15, 0.2) is 0 Å². The van der Waals surface area contributed by atoms with Crippen molar-refractivity contribution in [2.24, 2.45) is 5.92 Å². The summed E-state index contributed by atoms with van der Waals surface area (Å²) >= 11 is 6.76. The number of hydrogen-bond donors (Lipinski definition) is 1. The molecule has 3 aromatic rings. The molecule has 1 aliphatic rings. The topological polar surface area (TPSA) is 66.7 Å². The highest BCUT2D eigenvalue weighted by Crippen LogP contribution is 2.38. The number of thiocarbonyl (C=S) groups is 1. The lowest BCUT2D eigenvalue weighted by atomic mass is 10.1. The molecule has 2 aromatic heterocycles. The van der Waals surface area contributed by atoms with E-state index in [2.05, 4.69) is 24.1 Å². The normalized spacial score (nSPS) is 16.3. The predicted molar refractivity (Wildman–Crippen MR) is 139 cm³/mol. The zero-order valence-corrected chi connectivity index (χ0v) is 20.7. The summed E-state index contributed by atoms with van der Waals surface area (Å²) in [5.41, 5.74) is 2.63. The Labute approximate surface area is 202 Å². The van der Waals surface area contributed by atoms with Crippen molar-refractivity contribution in [3.63, 3.8) is 0 Å². The Balaban J connectivity index is 1.78. The molecule has 1 unspecified atom stereocenters. The molecule has 0 bridgehead atoms. The van der Waals surface area contributed by atoms with Gasteiger partial charge in [-0.3, -0.25) is 18.9 Å². The Morgan fingerprint density at radius 1 is 1.12 bits per heavy atom. The molecular weight excluding hydrogens is 452 g/mol. The SMILES string of the molecule is Cc1ccc2nc(NCC(C)C)c(/C=C3/SC(=S)N(C(C)c4ccccc4)C3=O)c(=O)n2c1. The van der Waals surface area contributed by atoms with Crippen LogP contribution in [-0.2, 0) is 4.79 Å². The van der Waals surface area contributed by atoms with Crippen molar-refractivity contribution in [1.29, 1.82) is 0 Å². The Hall–Kier alpha value is -2.97. The summed E-state index contributed by atoms with van der Waals surface area (Å²) in [5.74, 6) is 0.630. The standard InChI is InChI=1S/C25H26N4O2S2/c1-15(2)13-26-22-19(23(30)28-14-16(3)10-11-21(28)27-22)12-20-24(31)29(25(32)33-20)17(4)18-8-6-5-7-9-18/h5-12,14-15,17,26H,13H2,1-4H3/b20-12+. The molecule has 1 atom stereocenters. The van der Waals surface area contributed by atoms with Crippen LogP contribution in [0, 0.1) is 12.8 Å². The van der Waals surface area contributed by atoms with E-state index in [1.165, 1.54) is 16.2 Å². The number of nitrogens with zero attached hydrogens (tertiary/aromatic N) is 3. The number of fused-ring (bicyclic) bond motifs is 1. The number of aromatic nitrogens is 2. The van der Waals surface area contributed by atoms with E-state index in [4.69, 9.17) is 12.2 Å². The molecule has 1 saturated heterocycles. The van der Waals surface area contributed by atoms with Crippen LogP contribution >= 0.6 is 24.0 Å². The average molecular weight is 479 g/mol. The Kier molecular flexibility index (Phi) is 6.67. The highest BCUT2D eigenvalue weighted by atomic mass is 32.2. The Morgan fingerprint density at radius 2 is 1.85 bits per heavy atom. The molecule has 33 heavy (non-hydrogen) atoms. The fourth-order valence-electron chi connectivity index (χ4n) is 3.65. The van der Waals surface area contributed by atoms with Gasteiger partial charge >= 0.3 is 0 Å². The molecule has 0 aliphatic carbocycles. The van der Waals surface area contributed by atoms with Gasteiger partial charge in [0.2, 0.25) is 0 Å². The summed E-state index contributed by atoms with van der Waals surface area (Å²) in [6.07, 6.45) is 3.39. The maximum Gasteiger partial charge on any atom is 0.267 e. The smallest absolute Gasteiger partial charge is 0.267 e. The predicted octanol–water partition coefficient (Wildman–Crippen LogP) is 5.03. The first-order valence-electron chi connectivity index (χ1n) is 10.8. The van der Waals surface area contributed by atoms with E-state index in [-0.39, 0.29) is 17.5 Å². The number of amides is 1. The van der Waals surface area contributed by atoms with Gasteiger partial charge in [0, 0.05) is 12.7 Å². The number of benzene rings is 1. The van der Waals surface area contributed by atoms with Gasteiger partial charge in [0.1, 0.15) is 15.8 Å². The van der Waals surface area contributed by atoms with Crippen molar-refractivity contribution < 1.29 is 4.79 Å². The van der Waals surface area contributed by atoms with Crippen LogP contribution in [0.5, 0.6) is 0 Å². The molecule has 3 heterocycles. The lowest BCUT2D eigenvalue weighted by Gasteiger charge is -2.23. The van der Waals surface area contributed by atoms with Gasteiger partial charge in [-0.25, -0.2) is 4.98 Å². The van der Waals surface area contributed by atoms with Crippen LogP contribution in [0.1, 0.15) is 43.5 Å². The number of rotatable bonds is 6. The molecule has 1 amide bonds. The fraction of sp³-hybridized carbons (Fsp3) is 0.280. The number of anilines is 1. The van der Waals surface area contributed by atoms with Crippen LogP contribution in [0.4, 0.5) is 5.82 Å². The number of aryl methyl sites for hydroxylation is 1. The summed E-state index contributed by atoms with van der Waals surface area (Å²) < 4.78 is 2.00. The summed E-state index contributed by atoms with van der Waals surface area (Å²) in [5, 5.41) is 3.28. The first kappa shape index (κ1) is 23.2. The number of nitrogens with one attached hydrogen (secondary N) is 1. The molecule has 0 saturated carbocycles. The lowest BCUT2D eigenvalue weighted by Crippen LogP contribution is -2.31. The number of carbonyl (C=O) groups excluding carboxylic acids is 1. The van der Waals surface area contributed by atoms with Gasteiger partial charge in [-0.05, 0) is 43.0 Å². The first-order valence-corrected chi connectivity index (χ1v) is 12.1. The lowest BCUT2D eigenvalue weighted by molar-refractivity contribution is -0.123. The van der Waals surface area contributed by atoms with Gasteiger partial charge < -0.3 is 5.32 Å². The average Bonchev–Trinajstić information content (AvgIpc) is 3.07. The minimum absolute atomic E-state index is 0.204. The summed E-state index contributed by atoms with van der Waals surface area (Å²) in [7, 11) is 0. The first-order chi connectivity index (χ1) is 15.8. The van der Waals surface area contributed by atoms with Gasteiger partial charge in [0.05, 0.1) is 16.5 Å². The van der Waals surface area contributed by atoms with Crippen LogP contribution < -0.4 is 10.9 Å². The summed E-state index contributed by atoms with van der Waals surface area (Å²) in [6.45, 7) is 8.70. The maximum absolute atomic E-state index is 13.4. The van der Waals surface area contributed by atoms with Gasteiger partial charge in [0.25, 0.3) is 11.5 Å². The molecule has 1 fully saturated rings. The van der Waals surface area contributed by atoms with E-state index in [0.29, 0.717) is 38.7 Å². The highest BCUT2D eigenvalue weighted by Gasteiger charge is 2.36. The second-order valence-corrected chi connectivity index (χ2v) is 10.2. The van der Waals surface area contributed by atoms with Gasteiger partial charge in [-0.15, -0.1) is 0 Å². The third-order valence-electron chi connectivity index (χ3n) is 5.45. The van der Waals surface area contributed by atoms with Crippen molar-refractivity contribution in [1.82, 2.24) is 14.3 Å². The highest BCUT2D eigenvalue weighted by molar-refractivity contribution is 8.26. The number of thioether (sulfide) groups is 1. The third-order valence-corrected chi connectivity index (χ3v) is 6.78. The molecule has 0 radical (unpaired) electrons. The van der Waals surface area contributed by atoms with Gasteiger partial charge in [-0.1, -0.05) is 74.2 Å². The zero-order chi connectivity index (χ0) is 23.7. The van der Waals surface area contributed by atoms with Crippen molar-refractivity contribution in [3.05, 3.63) is 80.6 Å². The second-order valence-electron chi connectivity index (χ2n) is 8.53. The quantitative estimate of drug-likeness (QED) is 0.396. The number of pyridine rings is 1. The molecular formula is C25H26N4O2S2. The van der Waals surface area contributed by atoms with E-state index in [0.717, 1.165) is 11.1 Å². The van der Waals surface area contributed by atoms with E-state index < -0.39 is 0 Å². The Bertz CT molecular complexity index is 1320. The van der Waals surface area contributed by atoms with Crippen LogP contribution in [0.3, 0.4) is 0 Å². The van der Waals surface area contributed by atoms with E-state index in [1.54, 1.807) is 17.2 Å². The van der Waals surface area contributed by atoms with Crippen molar-refractivity contribution in [3.8, 4) is 0 Å². The number of carbonyl (C=O) groups is 1. The molecule has 6 nitrogen and oxygen atoms in total. The maximum atomic E-state index is 13.4. The van der Waals surface area contributed by atoms with E-state index in [9.17, 15) is 9.59 Å². The van der Waals surface area contributed by atoms with Crippen molar-refractivity contribution in [2.75, 3.05) is 11.9 Å². The molecule has 1 aromatic carbocycles. The molecule has 4 rings (SSSR count). The molecule has 1 N–H and O–H groups in total. The molecule has 1 aliphatic heterocycles. The van der Waals surface area contributed by atoms with Gasteiger partial charge in [-0.2, -0.15) is 0 Å². The van der Waals surface area contributed by atoms with E-state index in [1.807, 2.05) is 56.3 Å². The van der Waals surface area contributed by atoms with E-state index >= 15 is 0 Å². The van der Waals surface area contributed by atoms with Crippen LogP contribution in [-0.4, -0.2) is 31.1 Å². The fourth-order valence-corrected chi connectivity index (χ4v) is 5.05. The third kappa shape index (κ3) is 4.72. The summed E-state index contributed by atoms with van der Waals surface area (Å²) in [6, 6.07) is 13.3. The van der Waals surface area contributed by atoms with Crippen LogP contribution in [0.2, 0.25) is 0 Å². The Morgan fingerprint density at radius 3 is 2.55 bits per heavy atom. The van der Waals surface area contributed by atoms with Crippen LogP contribution in [0.25, 0.3) is 11.7 Å². The molecule has 8 heteroatoms. The van der Waals surface area contributed by atoms with Crippen LogP contribution in [0.15, 0.2) is 58.4 Å². The minimum atomic E-state index is -0.226. The molecule has 0 spiro atoms. The summed E-state index contributed by atoms with van der Waals surface area (Å²) in [4.78, 5) is 33.5. The molecule has 170 valence electrons. The zero-order valence-electron chi connectivity index (χ0n) is 19.0. The van der Waals surface area contributed by atoms with Crippen molar-refractivity contribution in [2.45, 2.75) is 33.7 Å². The van der Waals surface area contributed by atoms with Crippen molar-refractivity contribution >= 4 is 51.7 Å². The minimum Gasteiger partial charge on any atom is -0.369 e. The largest absolute Gasteiger partial charge is 0.369 e.